The van der Waals surface area contributed by atoms with Crippen LogP contribution < -0.4 is 9.64 Å². The van der Waals surface area contributed by atoms with Crippen LogP contribution in [0.5, 0.6) is 5.75 Å². The van der Waals surface area contributed by atoms with Gasteiger partial charge in [0.1, 0.15) is 5.75 Å². The summed E-state index contributed by atoms with van der Waals surface area (Å²) in [6.07, 6.45) is 0. The molecule has 1 saturated heterocycles. The number of ether oxygens (including phenoxy) is 1. The second-order valence-electron chi connectivity index (χ2n) is 8.18. The van der Waals surface area contributed by atoms with Gasteiger partial charge >= 0.3 is 0 Å². The number of anilines is 1. The Bertz CT molecular complexity index is 1250. The number of hydrogen-bond donors (Lipinski definition) is 1. The molecule has 0 bridgehead atoms. The van der Waals surface area contributed by atoms with Gasteiger partial charge in [-0.15, -0.1) is 0 Å². The number of carbonyl (C=O) groups is 1. The van der Waals surface area contributed by atoms with E-state index in [1.807, 2.05) is 78.6 Å². The Kier molecular flexibility index (Phi) is 6.72. The summed E-state index contributed by atoms with van der Waals surface area (Å²) in [5.74, 6) is 1.68. The van der Waals surface area contributed by atoms with Gasteiger partial charge < -0.3 is 19.5 Å². The maximum atomic E-state index is 13.4. The van der Waals surface area contributed by atoms with Gasteiger partial charge in [0.2, 0.25) is 0 Å². The van der Waals surface area contributed by atoms with Crippen LogP contribution in [0, 0.1) is 0 Å². The molecule has 0 unspecified atom stereocenters. The highest BCUT2D eigenvalue weighted by molar-refractivity contribution is 7.98. The number of para-hydroxylation sites is 4. The fraction of sp³-hybridized carbons (Fsp3) is 0.259. The summed E-state index contributed by atoms with van der Waals surface area (Å²) < 4.78 is 5.80. The number of carbonyl (C=O) groups excluding carboxylic acids is 1. The Labute approximate surface area is 203 Å². The lowest BCUT2D eigenvalue weighted by Gasteiger charge is -2.37. The summed E-state index contributed by atoms with van der Waals surface area (Å²) in [6, 6.07) is 24.0. The number of aromatic amines is 1. The lowest BCUT2D eigenvalue weighted by atomic mass is 10.1. The van der Waals surface area contributed by atoms with Crippen LogP contribution in [0.25, 0.3) is 11.0 Å². The van der Waals surface area contributed by atoms with E-state index in [0.717, 1.165) is 51.8 Å². The average Bonchev–Trinajstić information content (AvgIpc) is 3.31. The number of imidazole rings is 1. The van der Waals surface area contributed by atoms with Crippen molar-refractivity contribution in [2.45, 2.75) is 17.8 Å². The van der Waals surface area contributed by atoms with E-state index in [0.29, 0.717) is 25.4 Å². The number of rotatable bonds is 7. The molecule has 1 aliphatic rings. The van der Waals surface area contributed by atoms with Crippen LogP contribution in [-0.4, -0.2) is 53.6 Å². The maximum absolute atomic E-state index is 13.4. The van der Waals surface area contributed by atoms with Crippen molar-refractivity contribution >= 4 is 34.4 Å². The monoisotopic (exact) mass is 472 g/mol. The molecular formula is C27H28N4O2S. The molecule has 1 amide bonds. The first-order valence-electron chi connectivity index (χ1n) is 11.6. The normalized spacial score (nSPS) is 13.9. The highest BCUT2D eigenvalue weighted by Gasteiger charge is 2.25. The third kappa shape index (κ3) is 4.75. The molecule has 0 spiro atoms. The molecule has 0 aliphatic carbocycles. The lowest BCUT2D eigenvalue weighted by Crippen LogP contribution is -2.49. The highest BCUT2D eigenvalue weighted by atomic mass is 32.2. The summed E-state index contributed by atoms with van der Waals surface area (Å²) in [5.41, 5.74) is 4.88. The number of fused-ring (bicyclic) bond motifs is 1. The molecule has 174 valence electrons. The SMILES string of the molecule is CCOc1ccccc1N1CCN(C(=O)c2ccccc2CSc2nc3ccccc3[nH]2)CC1. The Morgan fingerprint density at radius 1 is 0.971 bits per heavy atom. The Morgan fingerprint density at radius 3 is 2.53 bits per heavy atom. The number of thioether (sulfide) groups is 1. The number of hydrogen-bond acceptors (Lipinski definition) is 5. The summed E-state index contributed by atoms with van der Waals surface area (Å²) >= 11 is 1.62. The van der Waals surface area contributed by atoms with E-state index in [2.05, 4.69) is 20.9 Å². The molecule has 3 aromatic carbocycles. The lowest BCUT2D eigenvalue weighted by molar-refractivity contribution is 0.0746. The molecule has 0 radical (unpaired) electrons. The minimum Gasteiger partial charge on any atom is -0.492 e. The fourth-order valence-corrected chi connectivity index (χ4v) is 5.20. The molecule has 2 heterocycles. The van der Waals surface area contributed by atoms with Crippen molar-refractivity contribution in [1.29, 1.82) is 0 Å². The van der Waals surface area contributed by atoms with Crippen LogP contribution >= 0.6 is 11.8 Å². The highest BCUT2D eigenvalue weighted by Crippen LogP contribution is 2.30. The van der Waals surface area contributed by atoms with Crippen molar-refractivity contribution in [1.82, 2.24) is 14.9 Å². The zero-order chi connectivity index (χ0) is 23.3. The molecule has 7 heteroatoms. The van der Waals surface area contributed by atoms with Crippen LogP contribution in [-0.2, 0) is 5.75 Å². The smallest absolute Gasteiger partial charge is 0.254 e. The summed E-state index contributed by atoms with van der Waals surface area (Å²) in [7, 11) is 0. The van der Waals surface area contributed by atoms with E-state index >= 15 is 0 Å². The van der Waals surface area contributed by atoms with E-state index in [4.69, 9.17) is 4.74 Å². The molecule has 6 nitrogen and oxygen atoms in total. The quantitative estimate of drug-likeness (QED) is 0.374. The van der Waals surface area contributed by atoms with Gasteiger partial charge in [-0.3, -0.25) is 4.79 Å². The summed E-state index contributed by atoms with van der Waals surface area (Å²) in [5, 5.41) is 0.866. The number of H-pyrrole nitrogens is 1. The van der Waals surface area contributed by atoms with E-state index < -0.39 is 0 Å². The molecular weight excluding hydrogens is 444 g/mol. The molecule has 1 N–H and O–H groups in total. The van der Waals surface area contributed by atoms with Gasteiger partial charge in [-0.05, 0) is 42.8 Å². The van der Waals surface area contributed by atoms with Gasteiger partial charge in [0, 0.05) is 37.5 Å². The van der Waals surface area contributed by atoms with Crippen molar-refractivity contribution in [3.05, 3.63) is 83.9 Å². The number of amides is 1. The van der Waals surface area contributed by atoms with E-state index in [1.54, 1.807) is 11.8 Å². The second-order valence-corrected chi connectivity index (χ2v) is 9.15. The Morgan fingerprint density at radius 2 is 1.71 bits per heavy atom. The number of piperazine rings is 1. The predicted octanol–water partition coefficient (Wildman–Crippen LogP) is 5.22. The van der Waals surface area contributed by atoms with E-state index in [9.17, 15) is 4.79 Å². The zero-order valence-corrected chi connectivity index (χ0v) is 20.1. The van der Waals surface area contributed by atoms with Crippen molar-refractivity contribution in [2.75, 3.05) is 37.7 Å². The summed E-state index contributed by atoms with van der Waals surface area (Å²) in [4.78, 5) is 25.7. The van der Waals surface area contributed by atoms with E-state index in [-0.39, 0.29) is 5.91 Å². The standard InChI is InChI=1S/C27H28N4O2S/c1-2-33-25-14-8-7-13-24(25)30-15-17-31(18-16-30)26(32)21-10-4-3-9-20(21)19-34-27-28-22-11-5-6-12-23(22)29-27/h3-14H,2,15-19H2,1H3,(H,28,29). The third-order valence-corrected chi connectivity index (χ3v) is 6.97. The third-order valence-electron chi connectivity index (χ3n) is 6.05. The van der Waals surface area contributed by atoms with Gasteiger partial charge in [-0.25, -0.2) is 4.98 Å². The van der Waals surface area contributed by atoms with Gasteiger partial charge in [0.15, 0.2) is 5.16 Å². The number of benzene rings is 3. The molecule has 34 heavy (non-hydrogen) atoms. The van der Waals surface area contributed by atoms with Crippen molar-refractivity contribution < 1.29 is 9.53 Å². The van der Waals surface area contributed by atoms with Gasteiger partial charge in [0.05, 0.1) is 23.3 Å². The van der Waals surface area contributed by atoms with Crippen LogP contribution in [0.15, 0.2) is 78.0 Å². The van der Waals surface area contributed by atoms with Crippen molar-refractivity contribution in [3.63, 3.8) is 0 Å². The first-order valence-corrected chi connectivity index (χ1v) is 12.6. The van der Waals surface area contributed by atoms with Crippen LogP contribution in [0.3, 0.4) is 0 Å². The Hall–Kier alpha value is -3.45. The first-order chi connectivity index (χ1) is 16.7. The molecule has 1 aromatic heterocycles. The van der Waals surface area contributed by atoms with Gasteiger partial charge in [-0.2, -0.15) is 0 Å². The zero-order valence-electron chi connectivity index (χ0n) is 19.2. The maximum Gasteiger partial charge on any atom is 0.254 e. The minimum absolute atomic E-state index is 0.0959. The fourth-order valence-electron chi connectivity index (χ4n) is 4.32. The first kappa shape index (κ1) is 22.3. The largest absolute Gasteiger partial charge is 0.492 e. The average molecular weight is 473 g/mol. The molecule has 1 aliphatic heterocycles. The Balaban J connectivity index is 1.25. The number of aromatic nitrogens is 2. The van der Waals surface area contributed by atoms with Crippen molar-refractivity contribution in [2.24, 2.45) is 0 Å². The number of nitrogens with zero attached hydrogens (tertiary/aromatic N) is 3. The number of nitrogens with one attached hydrogen (secondary N) is 1. The minimum atomic E-state index is 0.0959. The van der Waals surface area contributed by atoms with Gasteiger partial charge in [-0.1, -0.05) is 54.2 Å². The van der Waals surface area contributed by atoms with Crippen molar-refractivity contribution in [3.8, 4) is 5.75 Å². The molecule has 0 atom stereocenters. The predicted molar refractivity (Wildman–Crippen MR) is 138 cm³/mol. The molecule has 4 aromatic rings. The van der Waals surface area contributed by atoms with Crippen LogP contribution in [0.2, 0.25) is 0 Å². The second kappa shape index (κ2) is 10.2. The topological polar surface area (TPSA) is 61.5 Å². The summed E-state index contributed by atoms with van der Waals surface area (Å²) in [6.45, 7) is 5.57. The van der Waals surface area contributed by atoms with Gasteiger partial charge in [0.25, 0.3) is 5.91 Å². The molecule has 1 fully saturated rings. The van der Waals surface area contributed by atoms with Crippen LogP contribution in [0.1, 0.15) is 22.8 Å². The van der Waals surface area contributed by atoms with E-state index in [1.165, 1.54) is 0 Å². The van der Waals surface area contributed by atoms with Crippen LogP contribution in [0.4, 0.5) is 5.69 Å². The molecule has 5 rings (SSSR count). The molecule has 0 saturated carbocycles.